The fourth-order valence-corrected chi connectivity index (χ4v) is 6.49. The lowest BCUT2D eigenvalue weighted by Crippen LogP contribution is -2.52. The van der Waals surface area contributed by atoms with Gasteiger partial charge in [-0.15, -0.1) is 0 Å². The molecule has 0 spiro atoms. The van der Waals surface area contributed by atoms with Gasteiger partial charge < -0.3 is 29.6 Å². The van der Waals surface area contributed by atoms with Crippen molar-refractivity contribution in [2.24, 2.45) is 0 Å². The summed E-state index contributed by atoms with van der Waals surface area (Å²) in [4.78, 5) is 32.7. The third-order valence-corrected chi connectivity index (χ3v) is 8.91. The van der Waals surface area contributed by atoms with Gasteiger partial charge in [0.15, 0.2) is 5.78 Å². The number of carbonyl (C=O) groups is 1. The maximum Gasteiger partial charge on any atom is 0.248 e. The van der Waals surface area contributed by atoms with Crippen LogP contribution in [0.5, 0.6) is 17.4 Å². The number of fused-ring (bicyclic) bond motifs is 2. The number of anilines is 3. The number of nitrogens with zero attached hydrogens (tertiary/aromatic N) is 5. The van der Waals surface area contributed by atoms with Crippen molar-refractivity contribution in [3.63, 3.8) is 0 Å². The average Bonchev–Trinajstić information content (AvgIpc) is 3.65. The number of ether oxygens (including phenoxy) is 2. The molecule has 2 aromatic heterocycles. The quantitative estimate of drug-likeness (QED) is 0.325. The molecule has 7 rings (SSSR count). The Kier molecular flexibility index (Phi) is 7.17. The predicted octanol–water partition coefficient (Wildman–Crippen LogP) is 4.85. The highest BCUT2D eigenvalue weighted by Gasteiger charge is 2.28. The molecule has 2 N–H and O–H groups in total. The van der Waals surface area contributed by atoms with Gasteiger partial charge in [0.2, 0.25) is 11.8 Å². The number of hydrogen-bond donors (Lipinski definition) is 2. The SMILES string of the molecule is COc1cc(N2CCC(N3CCN(C)CC3)CC2)ccc1Nc1nc(Oc2cccc3c2C(=O)CC3)c2[nH]ccc2n1. The molecule has 0 radical (unpaired) electrons. The lowest BCUT2D eigenvalue weighted by molar-refractivity contribution is 0.0982. The summed E-state index contributed by atoms with van der Waals surface area (Å²) in [6.45, 7) is 6.73. The van der Waals surface area contributed by atoms with Crippen LogP contribution in [0.4, 0.5) is 17.3 Å². The first-order valence-electron chi connectivity index (χ1n) is 14.9. The Bertz CT molecular complexity index is 1600. The lowest BCUT2D eigenvalue weighted by atomic mass is 10.0. The molecule has 1 aliphatic carbocycles. The van der Waals surface area contributed by atoms with Crippen LogP contribution < -0.4 is 19.7 Å². The number of aromatic amines is 1. The van der Waals surface area contributed by atoms with Gasteiger partial charge in [-0.1, -0.05) is 12.1 Å². The van der Waals surface area contributed by atoms with Crippen LogP contribution in [0, 0.1) is 0 Å². The molecule has 4 aromatic rings. The Labute approximate surface area is 245 Å². The third kappa shape index (κ3) is 5.16. The van der Waals surface area contributed by atoms with Crippen LogP contribution >= 0.6 is 0 Å². The number of aromatic nitrogens is 3. The van der Waals surface area contributed by atoms with Crippen molar-refractivity contribution in [3.05, 3.63) is 59.8 Å². The van der Waals surface area contributed by atoms with E-state index in [9.17, 15) is 4.79 Å². The Hall–Kier alpha value is -4.15. The lowest BCUT2D eigenvalue weighted by Gasteiger charge is -2.42. The summed E-state index contributed by atoms with van der Waals surface area (Å²) in [7, 11) is 3.89. The Morgan fingerprint density at radius 1 is 0.952 bits per heavy atom. The first-order chi connectivity index (χ1) is 20.6. The smallest absolute Gasteiger partial charge is 0.248 e. The summed E-state index contributed by atoms with van der Waals surface area (Å²) >= 11 is 0. The summed E-state index contributed by atoms with van der Waals surface area (Å²) in [5.74, 6) is 2.09. The van der Waals surface area contributed by atoms with Gasteiger partial charge >= 0.3 is 0 Å². The maximum atomic E-state index is 12.6. The van der Waals surface area contributed by atoms with Gasteiger partial charge in [0.25, 0.3) is 0 Å². The van der Waals surface area contributed by atoms with Crippen molar-refractivity contribution >= 4 is 34.1 Å². The molecule has 2 aromatic carbocycles. The minimum absolute atomic E-state index is 0.101. The van der Waals surface area contributed by atoms with E-state index in [1.54, 1.807) is 13.3 Å². The fraction of sp³-hybridized carbons (Fsp3) is 0.406. The van der Waals surface area contributed by atoms with Gasteiger partial charge in [-0.2, -0.15) is 4.98 Å². The molecule has 218 valence electrons. The second-order valence-electron chi connectivity index (χ2n) is 11.5. The summed E-state index contributed by atoms with van der Waals surface area (Å²) in [5, 5.41) is 3.34. The molecule has 2 fully saturated rings. The normalized spacial score (nSPS) is 18.4. The molecule has 0 saturated carbocycles. The van der Waals surface area contributed by atoms with Crippen LogP contribution in [0.3, 0.4) is 0 Å². The van der Waals surface area contributed by atoms with Crippen LogP contribution in [0.1, 0.15) is 35.2 Å². The number of ketones is 1. The van der Waals surface area contributed by atoms with E-state index in [1.807, 2.05) is 30.3 Å². The second kappa shape index (κ2) is 11.3. The topological polar surface area (TPSA) is 98.9 Å². The molecule has 0 atom stereocenters. The van der Waals surface area contributed by atoms with E-state index >= 15 is 0 Å². The number of methoxy groups -OCH3 is 1. The number of H-pyrrole nitrogens is 1. The average molecular weight is 568 g/mol. The van der Waals surface area contributed by atoms with Gasteiger partial charge in [-0.3, -0.25) is 9.69 Å². The predicted molar refractivity (Wildman–Crippen MR) is 164 cm³/mol. The van der Waals surface area contributed by atoms with Crippen molar-refractivity contribution in [3.8, 4) is 17.4 Å². The monoisotopic (exact) mass is 567 g/mol. The number of piperidine rings is 1. The minimum Gasteiger partial charge on any atom is -0.494 e. The molecule has 0 bridgehead atoms. The summed E-state index contributed by atoms with van der Waals surface area (Å²) < 4.78 is 12.1. The van der Waals surface area contributed by atoms with Gasteiger partial charge in [0, 0.05) is 69.7 Å². The Morgan fingerprint density at radius 2 is 1.79 bits per heavy atom. The van der Waals surface area contributed by atoms with Gasteiger partial charge in [-0.05, 0) is 56.1 Å². The van der Waals surface area contributed by atoms with Gasteiger partial charge in [-0.25, -0.2) is 4.98 Å². The first kappa shape index (κ1) is 26.7. The van der Waals surface area contributed by atoms with Crippen molar-refractivity contribution < 1.29 is 14.3 Å². The van der Waals surface area contributed by atoms with Crippen LogP contribution in [0.2, 0.25) is 0 Å². The third-order valence-electron chi connectivity index (χ3n) is 8.91. The molecular formula is C32H37N7O3. The van der Waals surface area contributed by atoms with Crippen molar-refractivity contribution in [2.75, 3.05) is 63.6 Å². The highest BCUT2D eigenvalue weighted by Crippen LogP contribution is 2.37. The zero-order chi connectivity index (χ0) is 28.6. The van der Waals surface area contributed by atoms with E-state index < -0.39 is 0 Å². The van der Waals surface area contributed by atoms with Crippen LogP contribution in [0.25, 0.3) is 11.0 Å². The van der Waals surface area contributed by atoms with Crippen LogP contribution in [0.15, 0.2) is 48.7 Å². The number of carbonyl (C=O) groups excluding carboxylic acids is 1. The Balaban J connectivity index is 1.09. The summed E-state index contributed by atoms with van der Waals surface area (Å²) in [5.41, 5.74) is 4.97. The highest BCUT2D eigenvalue weighted by atomic mass is 16.5. The zero-order valence-electron chi connectivity index (χ0n) is 24.2. The summed E-state index contributed by atoms with van der Waals surface area (Å²) in [6.07, 6.45) is 5.40. The van der Waals surface area contributed by atoms with Crippen LogP contribution in [-0.2, 0) is 6.42 Å². The fourth-order valence-electron chi connectivity index (χ4n) is 6.49. The maximum absolute atomic E-state index is 12.6. The molecule has 10 nitrogen and oxygen atoms in total. The van der Waals surface area contributed by atoms with Crippen molar-refractivity contribution in [2.45, 2.75) is 31.7 Å². The van der Waals surface area contributed by atoms with Gasteiger partial charge in [0.05, 0.1) is 23.9 Å². The van der Waals surface area contributed by atoms with E-state index in [4.69, 9.17) is 19.4 Å². The molecular weight excluding hydrogens is 530 g/mol. The largest absolute Gasteiger partial charge is 0.494 e. The second-order valence-corrected chi connectivity index (χ2v) is 11.5. The minimum atomic E-state index is 0.101. The number of aryl methyl sites for hydroxylation is 1. The van der Waals surface area contributed by atoms with Gasteiger partial charge in [0.1, 0.15) is 17.0 Å². The molecule has 2 aliphatic heterocycles. The molecule has 2 saturated heterocycles. The van der Waals surface area contributed by atoms with E-state index in [2.05, 4.69) is 44.2 Å². The van der Waals surface area contributed by atoms with E-state index in [0.717, 1.165) is 55.3 Å². The zero-order valence-corrected chi connectivity index (χ0v) is 24.2. The molecule has 0 amide bonds. The van der Waals surface area contributed by atoms with E-state index in [-0.39, 0.29) is 5.78 Å². The number of rotatable bonds is 7. The molecule has 0 unspecified atom stereocenters. The number of hydrogen-bond acceptors (Lipinski definition) is 9. The van der Waals surface area contributed by atoms with Crippen molar-refractivity contribution in [1.29, 1.82) is 0 Å². The molecule has 42 heavy (non-hydrogen) atoms. The summed E-state index contributed by atoms with van der Waals surface area (Å²) in [6, 6.07) is 14.5. The highest BCUT2D eigenvalue weighted by molar-refractivity contribution is 6.03. The molecule has 4 heterocycles. The van der Waals surface area contributed by atoms with Crippen LogP contribution in [-0.4, -0.2) is 90.0 Å². The van der Waals surface area contributed by atoms with E-state index in [0.29, 0.717) is 46.6 Å². The molecule has 10 heteroatoms. The number of Topliss-reactive ketones (excluding diaryl/α,β-unsaturated/α-hetero) is 1. The standard InChI is InChI=1S/C32H37N7O3/c1-37-16-18-39(19-17-37)22-11-14-38(15-12-22)23-7-8-24(28(20-23)41-2)34-32-35-25-10-13-33-30(25)31(36-32)42-27-5-3-4-21-6-9-26(40)29(21)27/h3-5,7-8,10,13,20,22,33H,6,9,11-12,14-19H2,1-2H3,(H,34,35,36). The van der Waals surface area contributed by atoms with E-state index in [1.165, 1.54) is 25.9 Å². The number of nitrogens with one attached hydrogen (secondary N) is 2. The number of benzene rings is 2. The molecule has 3 aliphatic rings. The first-order valence-corrected chi connectivity index (χ1v) is 14.9. The number of likely N-dealkylation sites (N-methyl/N-ethyl adjacent to an activating group) is 1. The Morgan fingerprint density at radius 3 is 2.60 bits per heavy atom. The number of piperazine rings is 1. The van der Waals surface area contributed by atoms with Crippen molar-refractivity contribution in [1.82, 2.24) is 24.8 Å².